The average Bonchev–Trinajstić information content (AvgIpc) is 2.49. The van der Waals surface area contributed by atoms with Gasteiger partial charge in [0.2, 0.25) is 0 Å². The molecule has 0 unspecified atom stereocenters. The first kappa shape index (κ1) is 17.2. The molecule has 0 saturated heterocycles. The summed E-state index contributed by atoms with van der Waals surface area (Å²) in [4.78, 5) is 9.39. The standard InChI is InChI=1S/C17H16FN3O3/c1-17(2,3)24-21-15(16-13(22)5-4-6-20-16)11-7-10(9-19)12(18)8-14(11)23/h4-8,22-23H,1-3H3/b21-15-. The molecule has 0 aliphatic rings. The van der Waals surface area contributed by atoms with Crippen molar-refractivity contribution in [3.63, 3.8) is 0 Å². The number of hydrogen-bond donors (Lipinski definition) is 2. The van der Waals surface area contributed by atoms with Gasteiger partial charge in [-0.3, -0.25) is 4.98 Å². The molecule has 0 saturated carbocycles. The van der Waals surface area contributed by atoms with E-state index >= 15 is 0 Å². The van der Waals surface area contributed by atoms with E-state index in [2.05, 4.69) is 10.1 Å². The van der Waals surface area contributed by atoms with Crippen LogP contribution in [0.15, 0.2) is 35.6 Å². The molecular weight excluding hydrogens is 313 g/mol. The van der Waals surface area contributed by atoms with Crippen molar-refractivity contribution in [2.45, 2.75) is 26.4 Å². The fourth-order valence-corrected chi connectivity index (χ4v) is 1.82. The lowest BCUT2D eigenvalue weighted by atomic mass is 10.0. The SMILES string of the molecule is CC(C)(C)O/N=C(/c1cc(C#N)c(F)cc1O)c1ncccc1O. The van der Waals surface area contributed by atoms with Crippen LogP contribution >= 0.6 is 0 Å². The van der Waals surface area contributed by atoms with E-state index in [-0.39, 0.29) is 28.3 Å². The number of nitriles is 1. The summed E-state index contributed by atoms with van der Waals surface area (Å²) >= 11 is 0. The third kappa shape index (κ3) is 3.79. The Kier molecular flexibility index (Phi) is 4.69. The maximum absolute atomic E-state index is 13.6. The third-order valence-electron chi connectivity index (χ3n) is 2.88. The van der Waals surface area contributed by atoms with Crippen LogP contribution in [0.1, 0.15) is 37.6 Å². The Labute approximate surface area is 138 Å². The number of aromatic nitrogens is 1. The molecule has 0 atom stereocenters. The van der Waals surface area contributed by atoms with Crippen LogP contribution in [-0.2, 0) is 4.84 Å². The summed E-state index contributed by atoms with van der Waals surface area (Å²) in [5.41, 5.74) is -0.888. The van der Waals surface area contributed by atoms with Gasteiger partial charge in [-0.2, -0.15) is 5.26 Å². The summed E-state index contributed by atoms with van der Waals surface area (Å²) in [5, 5.41) is 33.0. The molecule has 1 heterocycles. The summed E-state index contributed by atoms with van der Waals surface area (Å²) in [6, 6.07) is 6.54. The molecule has 2 rings (SSSR count). The molecule has 1 aromatic carbocycles. The second-order valence-electron chi connectivity index (χ2n) is 5.98. The van der Waals surface area contributed by atoms with Crippen LogP contribution in [0.5, 0.6) is 11.5 Å². The topological polar surface area (TPSA) is 98.7 Å². The fourth-order valence-electron chi connectivity index (χ4n) is 1.82. The fraction of sp³-hybridized carbons (Fsp3) is 0.235. The number of benzene rings is 1. The van der Waals surface area contributed by atoms with Gasteiger partial charge < -0.3 is 15.1 Å². The van der Waals surface area contributed by atoms with Gasteiger partial charge in [0.05, 0.1) is 5.56 Å². The van der Waals surface area contributed by atoms with Gasteiger partial charge in [0.1, 0.15) is 40.4 Å². The Morgan fingerprint density at radius 3 is 2.58 bits per heavy atom. The Balaban J connectivity index is 2.68. The van der Waals surface area contributed by atoms with Gasteiger partial charge in [-0.25, -0.2) is 4.39 Å². The van der Waals surface area contributed by atoms with Crippen LogP contribution < -0.4 is 0 Å². The van der Waals surface area contributed by atoms with Crippen LogP contribution in [-0.4, -0.2) is 26.5 Å². The molecule has 24 heavy (non-hydrogen) atoms. The highest BCUT2D eigenvalue weighted by Gasteiger charge is 2.21. The predicted molar refractivity (Wildman–Crippen MR) is 85.2 cm³/mol. The predicted octanol–water partition coefficient (Wildman–Crippen LogP) is 3.07. The molecule has 0 spiro atoms. The van der Waals surface area contributed by atoms with Crippen LogP contribution in [0.4, 0.5) is 4.39 Å². The van der Waals surface area contributed by atoms with Crippen LogP contribution in [0.25, 0.3) is 0 Å². The Hall–Kier alpha value is -3.14. The number of rotatable bonds is 3. The van der Waals surface area contributed by atoms with E-state index in [1.165, 1.54) is 18.3 Å². The first-order valence-electron chi connectivity index (χ1n) is 7.06. The average molecular weight is 329 g/mol. The van der Waals surface area contributed by atoms with E-state index in [0.29, 0.717) is 0 Å². The Bertz CT molecular complexity index is 836. The van der Waals surface area contributed by atoms with E-state index in [9.17, 15) is 14.6 Å². The molecule has 0 fully saturated rings. The second-order valence-corrected chi connectivity index (χ2v) is 5.98. The number of aromatic hydroxyl groups is 2. The molecule has 124 valence electrons. The molecule has 0 bridgehead atoms. The highest BCUT2D eigenvalue weighted by Crippen LogP contribution is 2.27. The van der Waals surface area contributed by atoms with Crippen molar-refractivity contribution in [3.8, 4) is 17.6 Å². The number of halogens is 1. The minimum atomic E-state index is -0.861. The molecule has 7 heteroatoms. The number of oxime groups is 1. The van der Waals surface area contributed by atoms with Gasteiger partial charge in [-0.15, -0.1) is 0 Å². The Morgan fingerprint density at radius 2 is 2.00 bits per heavy atom. The Morgan fingerprint density at radius 1 is 1.29 bits per heavy atom. The zero-order valence-corrected chi connectivity index (χ0v) is 13.4. The third-order valence-corrected chi connectivity index (χ3v) is 2.88. The lowest BCUT2D eigenvalue weighted by Crippen LogP contribution is -2.18. The molecule has 6 nitrogen and oxygen atoms in total. The van der Waals surface area contributed by atoms with Crippen molar-refractivity contribution in [1.82, 2.24) is 4.98 Å². The minimum absolute atomic E-state index is 0.0166. The molecule has 1 aromatic heterocycles. The van der Waals surface area contributed by atoms with Crippen molar-refractivity contribution in [1.29, 1.82) is 5.26 Å². The molecule has 0 amide bonds. The second kappa shape index (κ2) is 6.54. The van der Waals surface area contributed by atoms with Gasteiger partial charge in [0.25, 0.3) is 0 Å². The number of phenolic OH excluding ortho intramolecular Hbond substituents is 1. The normalized spacial score (nSPS) is 11.9. The van der Waals surface area contributed by atoms with Gasteiger partial charge >= 0.3 is 0 Å². The number of hydrogen-bond acceptors (Lipinski definition) is 6. The highest BCUT2D eigenvalue weighted by molar-refractivity contribution is 6.14. The summed E-state index contributed by atoms with van der Waals surface area (Å²) in [7, 11) is 0. The molecule has 2 N–H and O–H groups in total. The van der Waals surface area contributed by atoms with E-state index in [1.54, 1.807) is 26.8 Å². The van der Waals surface area contributed by atoms with E-state index in [0.717, 1.165) is 12.1 Å². The number of nitrogens with zero attached hydrogens (tertiary/aromatic N) is 3. The minimum Gasteiger partial charge on any atom is -0.507 e. The van der Waals surface area contributed by atoms with E-state index in [1.807, 2.05) is 0 Å². The maximum atomic E-state index is 13.6. The first-order chi connectivity index (χ1) is 11.2. The van der Waals surface area contributed by atoms with Gasteiger partial charge in [0, 0.05) is 17.8 Å². The zero-order valence-electron chi connectivity index (χ0n) is 13.4. The van der Waals surface area contributed by atoms with Crippen molar-refractivity contribution < 1.29 is 19.4 Å². The zero-order chi connectivity index (χ0) is 17.9. The number of phenols is 1. The molecule has 0 aliphatic carbocycles. The molecule has 2 aromatic rings. The smallest absolute Gasteiger partial charge is 0.144 e. The monoisotopic (exact) mass is 329 g/mol. The molecular formula is C17H16FN3O3. The van der Waals surface area contributed by atoms with E-state index in [4.69, 9.17) is 10.1 Å². The molecule has 0 aliphatic heterocycles. The van der Waals surface area contributed by atoms with Crippen molar-refractivity contribution in [2.24, 2.45) is 5.16 Å². The first-order valence-corrected chi connectivity index (χ1v) is 7.06. The maximum Gasteiger partial charge on any atom is 0.144 e. The quantitative estimate of drug-likeness (QED) is 0.666. The summed E-state index contributed by atoms with van der Waals surface area (Å²) in [6.45, 7) is 5.28. The van der Waals surface area contributed by atoms with Crippen molar-refractivity contribution in [3.05, 3.63) is 53.1 Å². The summed E-state index contributed by atoms with van der Waals surface area (Å²) < 4.78 is 13.6. The largest absolute Gasteiger partial charge is 0.507 e. The lowest BCUT2D eigenvalue weighted by Gasteiger charge is -2.17. The van der Waals surface area contributed by atoms with Crippen LogP contribution in [0.2, 0.25) is 0 Å². The summed E-state index contributed by atoms with van der Waals surface area (Å²) in [6.07, 6.45) is 1.42. The van der Waals surface area contributed by atoms with Gasteiger partial charge in [0.15, 0.2) is 0 Å². The van der Waals surface area contributed by atoms with Crippen LogP contribution in [0.3, 0.4) is 0 Å². The van der Waals surface area contributed by atoms with Gasteiger partial charge in [-0.1, -0.05) is 5.16 Å². The van der Waals surface area contributed by atoms with Crippen LogP contribution in [0, 0.1) is 17.1 Å². The van der Waals surface area contributed by atoms with Crippen molar-refractivity contribution >= 4 is 5.71 Å². The van der Waals surface area contributed by atoms with Crippen molar-refractivity contribution in [2.75, 3.05) is 0 Å². The van der Waals surface area contributed by atoms with Gasteiger partial charge in [-0.05, 0) is 39.0 Å². The highest BCUT2D eigenvalue weighted by atomic mass is 19.1. The molecule has 0 radical (unpaired) electrons. The summed E-state index contributed by atoms with van der Waals surface area (Å²) in [5.74, 6) is -1.51. The number of pyridine rings is 1. The lowest BCUT2D eigenvalue weighted by molar-refractivity contribution is 0.00108. The van der Waals surface area contributed by atoms with E-state index < -0.39 is 17.2 Å².